The van der Waals surface area contributed by atoms with Gasteiger partial charge in [-0.3, -0.25) is 14.7 Å². The van der Waals surface area contributed by atoms with Crippen LogP contribution in [-0.2, 0) is 4.79 Å². The maximum absolute atomic E-state index is 12.2. The highest BCUT2D eigenvalue weighted by molar-refractivity contribution is 5.81. The average Bonchev–Trinajstić information content (AvgIpc) is 2.89. The zero-order valence-electron chi connectivity index (χ0n) is 11.6. The van der Waals surface area contributed by atoms with Crippen molar-refractivity contribution in [2.75, 3.05) is 27.2 Å². The summed E-state index contributed by atoms with van der Waals surface area (Å²) in [5.41, 5.74) is 7.02. The molecule has 104 valence electrons. The smallest absolute Gasteiger partial charge is 0.239 e. The lowest BCUT2D eigenvalue weighted by molar-refractivity contribution is -0.134. The molecule has 2 atom stereocenters. The fourth-order valence-corrected chi connectivity index (χ4v) is 2.76. The van der Waals surface area contributed by atoms with Gasteiger partial charge in [0.2, 0.25) is 5.91 Å². The highest BCUT2D eigenvalue weighted by Crippen LogP contribution is 2.29. The molecule has 1 saturated heterocycles. The second kappa shape index (κ2) is 6.12. The number of amides is 1. The van der Waals surface area contributed by atoms with Crippen LogP contribution in [0, 0.1) is 0 Å². The molecule has 1 aromatic heterocycles. The second-order valence-electron chi connectivity index (χ2n) is 5.17. The van der Waals surface area contributed by atoms with Crippen molar-refractivity contribution in [2.24, 2.45) is 5.73 Å². The van der Waals surface area contributed by atoms with Crippen molar-refractivity contribution in [3.63, 3.8) is 0 Å². The predicted molar refractivity (Wildman–Crippen MR) is 74.5 cm³/mol. The molecule has 2 N–H and O–H groups in total. The second-order valence-corrected chi connectivity index (χ2v) is 5.17. The molecule has 2 heterocycles. The molecule has 2 unspecified atom stereocenters. The Labute approximate surface area is 114 Å². The molecule has 2 rings (SSSR count). The molecule has 0 spiro atoms. The van der Waals surface area contributed by atoms with E-state index in [-0.39, 0.29) is 18.0 Å². The van der Waals surface area contributed by atoms with Crippen molar-refractivity contribution in [1.29, 1.82) is 0 Å². The van der Waals surface area contributed by atoms with Crippen molar-refractivity contribution in [1.82, 2.24) is 14.8 Å². The molecule has 5 heteroatoms. The molecular weight excluding hydrogens is 240 g/mol. The number of hydrogen-bond acceptors (Lipinski definition) is 4. The molecule has 0 aliphatic carbocycles. The van der Waals surface area contributed by atoms with E-state index < -0.39 is 0 Å². The van der Waals surface area contributed by atoms with E-state index in [1.165, 1.54) is 0 Å². The summed E-state index contributed by atoms with van der Waals surface area (Å²) in [7, 11) is 3.61. The number of aromatic nitrogens is 1. The summed E-state index contributed by atoms with van der Waals surface area (Å²) >= 11 is 0. The Morgan fingerprint density at radius 2 is 2.42 bits per heavy atom. The number of likely N-dealkylation sites (N-methyl/N-ethyl adjacent to an activating group) is 1. The van der Waals surface area contributed by atoms with Crippen molar-refractivity contribution in [2.45, 2.75) is 24.9 Å². The molecule has 1 aliphatic heterocycles. The van der Waals surface area contributed by atoms with Crippen LogP contribution in [0.2, 0.25) is 0 Å². The highest BCUT2D eigenvalue weighted by Gasteiger charge is 2.36. The van der Waals surface area contributed by atoms with Gasteiger partial charge in [0.1, 0.15) is 0 Å². The molecule has 1 aromatic rings. The number of hydrogen-bond donors (Lipinski definition) is 1. The Hall–Kier alpha value is -1.46. The summed E-state index contributed by atoms with van der Waals surface area (Å²) in [6, 6.07) is 3.96. The molecule has 1 aliphatic rings. The van der Waals surface area contributed by atoms with Crippen molar-refractivity contribution < 1.29 is 4.79 Å². The number of carbonyl (C=O) groups excluding carboxylic acids is 1. The largest absolute Gasteiger partial charge is 0.347 e. The maximum atomic E-state index is 12.2. The van der Waals surface area contributed by atoms with Gasteiger partial charge in [-0.2, -0.15) is 0 Å². The molecule has 19 heavy (non-hydrogen) atoms. The molecule has 0 bridgehead atoms. The van der Waals surface area contributed by atoms with Crippen LogP contribution in [0.1, 0.15) is 24.4 Å². The first kappa shape index (κ1) is 14.0. The Kier molecular flexibility index (Phi) is 4.50. The van der Waals surface area contributed by atoms with E-state index in [1.54, 1.807) is 25.2 Å². The zero-order chi connectivity index (χ0) is 13.8. The summed E-state index contributed by atoms with van der Waals surface area (Å²) in [5.74, 6) is 0.167. The minimum atomic E-state index is -0.0521. The Balaban J connectivity index is 2.20. The third-order valence-corrected chi connectivity index (χ3v) is 3.71. The number of pyridine rings is 1. The maximum Gasteiger partial charge on any atom is 0.239 e. The van der Waals surface area contributed by atoms with Gasteiger partial charge in [0.25, 0.3) is 0 Å². The minimum absolute atomic E-state index is 0.0521. The van der Waals surface area contributed by atoms with E-state index in [4.69, 9.17) is 5.73 Å². The number of carbonyl (C=O) groups is 1. The molecule has 1 fully saturated rings. The van der Waals surface area contributed by atoms with Crippen LogP contribution in [0.4, 0.5) is 0 Å². The summed E-state index contributed by atoms with van der Waals surface area (Å²) in [5, 5.41) is 0. The summed E-state index contributed by atoms with van der Waals surface area (Å²) in [6.45, 7) is 1.42. The number of nitrogens with two attached hydrogens (primary N) is 1. The third kappa shape index (κ3) is 2.93. The van der Waals surface area contributed by atoms with Gasteiger partial charge in [-0.25, -0.2) is 0 Å². The van der Waals surface area contributed by atoms with Crippen LogP contribution in [0.25, 0.3) is 0 Å². The number of nitrogens with zero attached hydrogens (tertiary/aromatic N) is 3. The Morgan fingerprint density at radius 1 is 1.63 bits per heavy atom. The van der Waals surface area contributed by atoms with E-state index >= 15 is 0 Å². The summed E-state index contributed by atoms with van der Waals surface area (Å²) in [4.78, 5) is 20.3. The monoisotopic (exact) mass is 262 g/mol. The molecule has 0 saturated carbocycles. The van der Waals surface area contributed by atoms with E-state index in [0.717, 1.165) is 24.9 Å². The topological polar surface area (TPSA) is 62.5 Å². The Bertz CT molecular complexity index is 421. The first-order valence-corrected chi connectivity index (χ1v) is 6.72. The van der Waals surface area contributed by atoms with Crippen LogP contribution in [-0.4, -0.2) is 53.9 Å². The normalized spacial score (nSPS) is 21.3. The van der Waals surface area contributed by atoms with E-state index in [9.17, 15) is 4.79 Å². The van der Waals surface area contributed by atoms with Gasteiger partial charge in [-0.15, -0.1) is 0 Å². The van der Waals surface area contributed by atoms with Gasteiger partial charge in [0.15, 0.2) is 0 Å². The lowest BCUT2D eigenvalue weighted by Crippen LogP contribution is -2.46. The fourth-order valence-electron chi connectivity index (χ4n) is 2.76. The minimum Gasteiger partial charge on any atom is -0.347 e. The first-order chi connectivity index (χ1) is 9.15. The van der Waals surface area contributed by atoms with Crippen molar-refractivity contribution in [3.05, 3.63) is 30.1 Å². The lowest BCUT2D eigenvalue weighted by atomic mass is 10.1. The standard InChI is InChI=1S/C14H22N4O/c1-17(2)14(19)12-6-4-8-18(12)13(9-15)11-5-3-7-16-10-11/h3,5,7,10,12-13H,4,6,8-9,15H2,1-2H3. The van der Waals surface area contributed by atoms with E-state index in [1.807, 2.05) is 18.3 Å². The van der Waals surface area contributed by atoms with Gasteiger partial charge >= 0.3 is 0 Å². The quantitative estimate of drug-likeness (QED) is 0.864. The van der Waals surface area contributed by atoms with Crippen molar-refractivity contribution >= 4 is 5.91 Å². The predicted octanol–water partition coefficient (Wildman–Crippen LogP) is 0.634. The van der Waals surface area contributed by atoms with E-state index in [2.05, 4.69) is 9.88 Å². The molecule has 0 radical (unpaired) electrons. The van der Waals surface area contributed by atoms with Crippen LogP contribution in [0.15, 0.2) is 24.5 Å². The van der Waals surface area contributed by atoms with Gasteiger partial charge in [-0.1, -0.05) is 6.07 Å². The summed E-state index contributed by atoms with van der Waals surface area (Å²) in [6.07, 6.45) is 5.55. The van der Waals surface area contributed by atoms with Crippen LogP contribution in [0.5, 0.6) is 0 Å². The fraction of sp³-hybridized carbons (Fsp3) is 0.571. The van der Waals surface area contributed by atoms with Gasteiger partial charge in [0.05, 0.1) is 6.04 Å². The number of likely N-dealkylation sites (tertiary alicyclic amines) is 1. The number of rotatable bonds is 4. The summed E-state index contributed by atoms with van der Waals surface area (Å²) < 4.78 is 0. The van der Waals surface area contributed by atoms with Crippen LogP contribution in [0.3, 0.4) is 0 Å². The molecular formula is C14H22N4O. The van der Waals surface area contributed by atoms with Gasteiger partial charge < -0.3 is 10.6 Å². The van der Waals surface area contributed by atoms with Gasteiger partial charge in [0, 0.05) is 39.1 Å². The van der Waals surface area contributed by atoms with Crippen LogP contribution >= 0.6 is 0 Å². The van der Waals surface area contributed by atoms with E-state index in [0.29, 0.717) is 6.54 Å². The first-order valence-electron chi connectivity index (χ1n) is 6.72. The average molecular weight is 262 g/mol. The van der Waals surface area contributed by atoms with Crippen LogP contribution < -0.4 is 5.73 Å². The zero-order valence-corrected chi connectivity index (χ0v) is 11.6. The third-order valence-electron chi connectivity index (χ3n) is 3.71. The SMILES string of the molecule is CN(C)C(=O)C1CCCN1C(CN)c1cccnc1. The van der Waals surface area contributed by atoms with Crippen molar-refractivity contribution in [3.8, 4) is 0 Å². The molecule has 0 aromatic carbocycles. The lowest BCUT2D eigenvalue weighted by Gasteiger charge is -2.32. The highest BCUT2D eigenvalue weighted by atomic mass is 16.2. The molecule has 1 amide bonds. The Morgan fingerprint density at radius 3 is 3.00 bits per heavy atom. The molecule has 5 nitrogen and oxygen atoms in total. The van der Waals surface area contributed by atoms with Gasteiger partial charge in [-0.05, 0) is 31.0 Å².